The number of nitrogens with zero attached hydrogens (tertiary/aromatic N) is 1. The van der Waals surface area contributed by atoms with E-state index in [4.69, 9.17) is 10.5 Å². The highest BCUT2D eigenvalue weighted by Crippen LogP contribution is 2.18. The number of rotatable bonds is 3. The summed E-state index contributed by atoms with van der Waals surface area (Å²) in [6.45, 7) is 10.1. The summed E-state index contributed by atoms with van der Waals surface area (Å²) in [5.41, 5.74) is 7.24. The van der Waals surface area contributed by atoms with Crippen molar-refractivity contribution in [2.24, 2.45) is 0 Å². The van der Waals surface area contributed by atoms with Crippen LogP contribution < -0.4 is 5.73 Å². The largest absolute Gasteiger partial charge is 0.399 e. The first-order chi connectivity index (χ1) is 7.77. The van der Waals surface area contributed by atoms with Gasteiger partial charge in [-0.1, -0.05) is 34.6 Å². The number of hydrogen-bond donors (Lipinski definition) is 1. The molecule has 0 bridgehead atoms. The van der Waals surface area contributed by atoms with Crippen LogP contribution in [0.15, 0.2) is 18.3 Å². The second-order valence-corrected chi connectivity index (χ2v) is 2.65. The van der Waals surface area contributed by atoms with Gasteiger partial charge in [0.1, 0.15) is 0 Å². The zero-order chi connectivity index (χ0) is 13.0. The topological polar surface area (TPSA) is 48.1 Å². The Kier molecular flexibility index (Phi) is 13.0. The van der Waals surface area contributed by atoms with Gasteiger partial charge in [-0.2, -0.15) is 0 Å². The Hall–Kier alpha value is -1.09. The normalized spacial score (nSPS) is 10.4. The molecule has 3 heteroatoms. The number of nitrogen functional groups attached to an aromatic ring is 1. The Morgan fingerprint density at radius 1 is 1.31 bits per heavy atom. The van der Waals surface area contributed by atoms with Gasteiger partial charge in [0.2, 0.25) is 0 Å². The van der Waals surface area contributed by atoms with Gasteiger partial charge >= 0.3 is 0 Å². The minimum absolute atomic E-state index is 0.0634. The monoisotopic (exact) mass is 226 g/mol. The summed E-state index contributed by atoms with van der Waals surface area (Å²) in [4.78, 5) is 4.18. The molecule has 1 atom stereocenters. The summed E-state index contributed by atoms with van der Waals surface area (Å²) in [7, 11) is 1.68. The molecule has 0 saturated carbocycles. The first kappa shape index (κ1) is 17.3. The van der Waals surface area contributed by atoms with E-state index in [1.165, 1.54) is 0 Å². The van der Waals surface area contributed by atoms with Crippen molar-refractivity contribution >= 4 is 5.69 Å². The number of ether oxygens (including phenoxy) is 1. The van der Waals surface area contributed by atoms with Crippen LogP contribution >= 0.6 is 0 Å². The minimum atomic E-state index is 0.0634. The maximum absolute atomic E-state index is 5.61. The van der Waals surface area contributed by atoms with Gasteiger partial charge in [-0.25, -0.2) is 0 Å². The third kappa shape index (κ3) is 6.40. The van der Waals surface area contributed by atoms with Crippen molar-refractivity contribution in [1.82, 2.24) is 4.98 Å². The molecule has 0 aliphatic rings. The molecular formula is C13H26N2O. The highest BCUT2D eigenvalue weighted by atomic mass is 16.5. The maximum atomic E-state index is 5.61. The summed E-state index contributed by atoms with van der Waals surface area (Å²) in [6.07, 6.45) is 2.67. The predicted octanol–water partition coefficient (Wildman–Crippen LogP) is 3.81. The van der Waals surface area contributed by atoms with Gasteiger partial charge in [-0.3, -0.25) is 4.98 Å². The van der Waals surface area contributed by atoms with E-state index < -0.39 is 0 Å². The van der Waals surface area contributed by atoms with Crippen molar-refractivity contribution in [2.45, 2.75) is 47.1 Å². The van der Waals surface area contributed by atoms with Gasteiger partial charge in [0.25, 0.3) is 0 Å². The van der Waals surface area contributed by atoms with E-state index in [0.29, 0.717) is 0 Å². The number of anilines is 1. The van der Waals surface area contributed by atoms with E-state index >= 15 is 0 Å². The lowest BCUT2D eigenvalue weighted by Gasteiger charge is -2.11. The van der Waals surface area contributed by atoms with Crippen LogP contribution in [0.2, 0.25) is 0 Å². The average molecular weight is 226 g/mol. The molecule has 1 heterocycles. The number of hydrogen-bond acceptors (Lipinski definition) is 3. The molecule has 1 rings (SSSR count). The molecule has 0 spiro atoms. The van der Waals surface area contributed by atoms with E-state index in [9.17, 15) is 0 Å². The lowest BCUT2D eigenvalue weighted by molar-refractivity contribution is 0.0965. The molecule has 94 valence electrons. The third-order valence-corrected chi connectivity index (χ3v) is 1.79. The van der Waals surface area contributed by atoms with Crippen LogP contribution in [0.25, 0.3) is 0 Å². The van der Waals surface area contributed by atoms with Crippen LogP contribution in [-0.2, 0) is 4.74 Å². The average Bonchev–Trinajstić information content (AvgIpc) is 2.36. The molecule has 1 unspecified atom stereocenters. The molecule has 0 aliphatic heterocycles. The smallest absolute Gasteiger partial charge is 0.0988 e. The molecule has 0 radical (unpaired) electrons. The third-order valence-electron chi connectivity index (χ3n) is 1.79. The number of methoxy groups -OCH3 is 1. The predicted molar refractivity (Wildman–Crippen MR) is 71.4 cm³/mol. The fourth-order valence-corrected chi connectivity index (χ4v) is 1.14. The fraction of sp³-hybridized carbons (Fsp3) is 0.615. The van der Waals surface area contributed by atoms with Crippen LogP contribution in [0.5, 0.6) is 0 Å². The van der Waals surface area contributed by atoms with Crippen LogP contribution in [-0.4, -0.2) is 12.1 Å². The summed E-state index contributed by atoms with van der Waals surface area (Å²) < 4.78 is 5.22. The van der Waals surface area contributed by atoms with Gasteiger partial charge in [0.15, 0.2) is 0 Å². The SMILES string of the molecule is CC.CC.CCC(OC)c1cc(N)ccn1. The molecular weight excluding hydrogens is 200 g/mol. The highest BCUT2D eigenvalue weighted by molar-refractivity contribution is 5.37. The van der Waals surface area contributed by atoms with Gasteiger partial charge in [0, 0.05) is 19.0 Å². The number of nitrogens with two attached hydrogens (primary N) is 1. The van der Waals surface area contributed by atoms with Gasteiger partial charge in [-0.05, 0) is 18.6 Å². The van der Waals surface area contributed by atoms with Crippen LogP contribution in [0, 0.1) is 0 Å². The summed E-state index contributed by atoms with van der Waals surface area (Å²) in [6, 6.07) is 3.61. The van der Waals surface area contributed by atoms with Crippen molar-refractivity contribution in [3.05, 3.63) is 24.0 Å². The quantitative estimate of drug-likeness (QED) is 0.852. The van der Waals surface area contributed by atoms with E-state index in [1.54, 1.807) is 19.4 Å². The Morgan fingerprint density at radius 2 is 1.88 bits per heavy atom. The molecule has 16 heavy (non-hydrogen) atoms. The molecule has 1 aromatic rings. The Morgan fingerprint density at radius 3 is 2.25 bits per heavy atom. The van der Waals surface area contributed by atoms with E-state index in [2.05, 4.69) is 11.9 Å². The minimum Gasteiger partial charge on any atom is -0.399 e. The van der Waals surface area contributed by atoms with Crippen LogP contribution in [0.4, 0.5) is 5.69 Å². The summed E-state index contributed by atoms with van der Waals surface area (Å²) in [5.74, 6) is 0. The number of pyridine rings is 1. The molecule has 0 fully saturated rings. The molecule has 0 aliphatic carbocycles. The second kappa shape index (κ2) is 12.0. The van der Waals surface area contributed by atoms with E-state index in [0.717, 1.165) is 17.8 Å². The van der Waals surface area contributed by atoms with Crippen molar-refractivity contribution < 1.29 is 4.74 Å². The van der Waals surface area contributed by atoms with Crippen LogP contribution in [0.1, 0.15) is 52.8 Å². The van der Waals surface area contributed by atoms with Crippen LogP contribution in [0.3, 0.4) is 0 Å². The van der Waals surface area contributed by atoms with Gasteiger partial charge in [-0.15, -0.1) is 0 Å². The van der Waals surface area contributed by atoms with Gasteiger partial charge in [0.05, 0.1) is 11.8 Å². The fourth-order valence-electron chi connectivity index (χ4n) is 1.14. The first-order valence-corrected chi connectivity index (χ1v) is 6.02. The van der Waals surface area contributed by atoms with E-state index in [-0.39, 0.29) is 6.10 Å². The van der Waals surface area contributed by atoms with Crippen molar-refractivity contribution in [1.29, 1.82) is 0 Å². The molecule has 3 nitrogen and oxygen atoms in total. The molecule has 1 aromatic heterocycles. The number of aromatic nitrogens is 1. The lowest BCUT2D eigenvalue weighted by Crippen LogP contribution is -2.02. The van der Waals surface area contributed by atoms with E-state index in [1.807, 2.05) is 33.8 Å². The van der Waals surface area contributed by atoms with Crippen molar-refractivity contribution in [2.75, 3.05) is 12.8 Å². The lowest BCUT2D eigenvalue weighted by atomic mass is 10.2. The summed E-state index contributed by atoms with van der Waals surface area (Å²) in [5, 5.41) is 0. The zero-order valence-electron chi connectivity index (χ0n) is 11.4. The molecule has 2 N–H and O–H groups in total. The van der Waals surface area contributed by atoms with Crippen molar-refractivity contribution in [3.63, 3.8) is 0 Å². The maximum Gasteiger partial charge on any atom is 0.0988 e. The first-order valence-electron chi connectivity index (χ1n) is 6.02. The summed E-state index contributed by atoms with van der Waals surface area (Å²) >= 11 is 0. The molecule has 0 saturated heterocycles. The standard InChI is InChI=1S/C9H14N2O.2C2H6/c1-3-9(12-2)8-6-7(10)4-5-11-8;2*1-2/h4-6,9H,3H2,1-2H3,(H2,10,11);2*1-2H3. The highest BCUT2D eigenvalue weighted by Gasteiger charge is 2.08. The van der Waals surface area contributed by atoms with Gasteiger partial charge < -0.3 is 10.5 Å². The Balaban J connectivity index is 0. The zero-order valence-corrected chi connectivity index (χ0v) is 11.4. The molecule has 0 amide bonds. The Bertz CT molecular complexity index is 247. The molecule has 0 aromatic carbocycles. The second-order valence-electron chi connectivity index (χ2n) is 2.65. The van der Waals surface area contributed by atoms with Crippen molar-refractivity contribution in [3.8, 4) is 0 Å². The Labute approximate surface area is 100 Å².